The number of nitrogens with two attached hydrogens (primary N) is 1. The summed E-state index contributed by atoms with van der Waals surface area (Å²) < 4.78 is 11.0. The highest BCUT2D eigenvalue weighted by molar-refractivity contribution is 5.77. The third-order valence-electron chi connectivity index (χ3n) is 3.52. The van der Waals surface area contributed by atoms with Gasteiger partial charge < -0.3 is 19.6 Å². The zero-order valence-electron chi connectivity index (χ0n) is 13.4. The molecule has 0 aliphatic rings. The predicted octanol–water partition coefficient (Wildman–Crippen LogP) is 0.509. The maximum atomic E-state index is 11.2. The van der Waals surface area contributed by atoms with E-state index < -0.39 is 0 Å². The van der Waals surface area contributed by atoms with Crippen molar-refractivity contribution in [2.24, 2.45) is 0 Å². The molecule has 3 rings (SSSR count). The zero-order chi connectivity index (χ0) is 16.9. The van der Waals surface area contributed by atoms with Crippen molar-refractivity contribution < 1.29 is 19.1 Å². The van der Waals surface area contributed by atoms with Crippen LogP contribution in [0.2, 0.25) is 0 Å². The summed E-state index contributed by atoms with van der Waals surface area (Å²) in [5.74, 6) is 1.35. The molecule has 2 aromatic heterocycles. The van der Waals surface area contributed by atoms with Crippen LogP contribution >= 0.6 is 0 Å². The Morgan fingerprint density at radius 3 is 2.79 bits per heavy atom. The molecule has 1 aromatic carbocycles. The molecule has 3 aromatic rings. The van der Waals surface area contributed by atoms with Crippen molar-refractivity contribution in [2.75, 3.05) is 13.6 Å². The Kier molecular flexibility index (Phi) is 4.66. The van der Waals surface area contributed by atoms with Crippen molar-refractivity contribution in [2.45, 2.75) is 13.5 Å². The highest BCUT2D eigenvalue weighted by Gasteiger charge is 2.22. The Bertz CT molecular complexity index is 825. The van der Waals surface area contributed by atoms with Gasteiger partial charge in [0.05, 0.1) is 0 Å². The number of nitrogens with zero attached hydrogens (tertiary/aromatic N) is 3. The average Bonchev–Trinajstić information content (AvgIpc) is 3.21. The number of quaternary nitrogens is 1. The lowest BCUT2D eigenvalue weighted by Gasteiger charge is -1.98. The van der Waals surface area contributed by atoms with Gasteiger partial charge in [-0.05, 0) is 6.92 Å². The minimum Gasteiger partial charge on any atom is -0.415 e. The highest BCUT2D eigenvalue weighted by atomic mass is 16.5. The van der Waals surface area contributed by atoms with Crippen LogP contribution in [0.15, 0.2) is 39.3 Å². The Morgan fingerprint density at radius 1 is 1.25 bits per heavy atom. The van der Waals surface area contributed by atoms with Crippen molar-refractivity contribution in [3.05, 3.63) is 42.0 Å². The average molecular weight is 328 g/mol. The number of benzene rings is 1. The lowest BCUT2D eigenvalue weighted by atomic mass is 10.1. The van der Waals surface area contributed by atoms with Crippen LogP contribution < -0.4 is 10.6 Å². The molecule has 0 saturated carbocycles. The molecule has 0 atom stereocenters. The van der Waals surface area contributed by atoms with E-state index in [-0.39, 0.29) is 5.91 Å². The molecule has 0 unspecified atom stereocenters. The van der Waals surface area contributed by atoms with Gasteiger partial charge in [-0.1, -0.05) is 35.5 Å². The normalized spacial score (nSPS) is 10.8. The van der Waals surface area contributed by atoms with Gasteiger partial charge in [0.25, 0.3) is 17.7 Å². The Morgan fingerprint density at radius 2 is 2.04 bits per heavy atom. The third kappa shape index (κ3) is 3.33. The van der Waals surface area contributed by atoms with E-state index in [1.54, 1.807) is 19.3 Å². The summed E-state index contributed by atoms with van der Waals surface area (Å²) in [5, 5.41) is 16.6. The van der Waals surface area contributed by atoms with Crippen LogP contribution in [0, 0.1) is 6.92 Å². The second-order valence-electron chi connectivity index (χ2n) is 5.20. The monoisotopic (exact) mass is 328 g/mol. The van der Waals surface area contributed by atoms with Gasteiger partial charge in [-0.3, -0.25) is 4.79 Å². The van der Waals surface area contributed by atoms with Gasteiger partial charge in [0.2, 0.25) is 0 Å². The standard InChI is InChI=1S/C16H17N5O3/c1-10-14(15(21-24-10)11-6-4-3-5-7-11)16-20-19-13(23-16)9-18-8-12(22)17-2/h3-7,18H,8-9H2,1-2H3,(H,17,22)/p+1. The van der Waals surface area contributed by atoms with Gasteiger partial charge in [-0.2, -0.15) is 0 Å². The molecule has 124 valence electrons. The second kappa shape index (κ2) is 7.05. The van der Waals surface area contributed by atoms with Crippen LogP contribution in [0.4, 0.5) is 0 Å². The first-order valence-corrected chi connectivity index (χ1v) is 7.55. The number of likely N-dealkylation sites (N-methyl/N-ethyl adjacent to an activating group) is 1. The van der Waals surface area contributed by atoms with Crippen molar-refractivity contribution in [1.82, 2.24) is 20.7 Å². The van der Waals surface area contributed by atoms with Gasteiger partial charge in [0.15, 0.2) is 13.1 Å². The van der Waals surface area contributed by atoms with Crippen LogP contribution in [-0.2, 0) is 11.3 Å². The fourth-order valence-electron chi connectivity index (χ4n) is 2.28. The molecular weight excluding hydrogens is 310 g/mol. The maximum absolute atomic E-state index is 11.2. The van der Waals surface area contributed by atoms with Crippen molar-refractivity contribution in [3.63, 3.8) is 0 Å². The summed E-state index contributed by atoms with van der Waals surface area (Å²) in [6, 6.07) is 9.67. The van der Waals surface area contributed by atoms with Crippen molar-refractivity contribution in [3.8, 4) is 22.7 Å². The molecule has 0 spiro atoms. The number of amides is 1. The number of hydrogen-bond donors (Lipinski definition) is 2. The van der Waals surface area contributed by atoms with Crippen LogP contribution in [0.5, 0.6) is 0 Å². The predicted molar refractivity (Wildman–Crippen MR) is 84.5 cm³/mol. The molecule has 8 heteroatoms. The largest absolute Gasteiger partial charge is 0.415 e. The number of rotatable bonds is 6. The Labute approximate surface area is 138 Å². The first kappa shape index (κ1) is 15.9. The molecule has 0 aliphatic carbocycles. The minimum atomic E-state index is -0.0593. The molecule has 2 heterocycles. The molecule has 0 saturated heterocycles. The van der Waals surface area contributed by atoms with Crippen molar-refractivity contribution >= 4 is 5.91 Å². The second-order valence-corrected chi connectivity index (χ2v) is 5.20. The van der Waals surface area contributed by atoms with E-state index in [0.717, 1.165) is 5.56 Å². The third-order valence-corrected chi connectivity index (χ3v) is 3.52. The van der Waals surface area contributed by atoms with E-state index in [1.807, 2.05) is 30.3 Å². The van der Waals surface area contributed by atoms with Crippen molar-refractivity contribution in [1.29, 1.82) is 0 Å². The summed E-state index contributed by atoms with van der Waals surface area (Å²) in [5.41, 5.74) is 2.26. The molecule has 8 nitrogen and oxygen atoms in total. The van der Waals surface area contributed by atoms with Crippen LogP contribution in [0.25, 0.3) is 22.7 Å². The van der Waals surface area contributed by atoms with E-state index in [2.05, 4.69) is 20.7 Å². The maximum Gasteiger partial charge on any atom is 0.274 e. The fourth-order valence-corrected chi connectivity index (χ4v) is 2.28. The molecule has 0 fully saturated rings. The van der Waals surface area contributed by atoms with Gasteiger partial charge in [0.1, 0.15) is 17.0 Å². The zero-order valence-corrected chi connectivity index (χ0v) is 13.4. The molecule has 0 radical (unpaired) electrons. The summed E-state index contributed by atoms with van der Waals surface area (Å²) >= 11 is 0. The SMILES string of the molecule is CNC(=O)C[NH2+]Cc1nnc(-c2c(-c3ccccc3)noc2C)o1. The minimum absolute atomic E-state index is 0.0593. The number of hydrogen-bond acceptors (Lipinski definition) is 6. The van der Waals surface area contributed by atoms with E-state index in [1.165, 1.54) is 0 Å². The molecular formula is C16H18N5O3+. The fraction of sp³-hybridized carbons (Fsp3) is 0.250. The Hall–Kier alpha value is -3.00. The molecule has 0 bridgehead atoms. The Balaban J connectivity index is 1.81. The smallest absolute Gasteiger partial charge is 0.274 e. The van der Waals surface area contributed by atoms with Crippen LogP contribution in [0.3, 0.4) is 0 Å². The number of aromatic nitrogens is 3. The van der Waals surface area contributed by atoms with E-state index in [4.69, 9.17) is 8.94 Å². The van der Waals surface area contributed by atoms with E-state index >= 15 is 0 Å². The van der Waals surface area contributed by atoms with E-state index in [0.29, 0.717) is 41.9 Å². The number of carbonyl (C=O) groups is 1. The number of nitrogens with one attached hydrogen (secondary N) is 1. The van der Waals surface area contributed by atoms with E-state index in [9.17, 15) is 4.79 Å². The number of carbonyl (C=O) groups excluding carboxylic acids is 1. The van der Waals surface area contributed by atoms with Gasteiger partial charge in [-0.25, -0.2) is 0 Å². The van der Waals surface area contributed by atoms with Gasteiger partial charge in [-0.15, -0.1) is 10.2 Å². The molecule has 1 amide bonds. The highest BCUT2D eigenvalue weighted by Crippen LogP contribution is 2.33. The summed E-state index contributed by atoms with van der Waals surface area (Å²) in [6.45, 7) is 2.53. The molecule has 24 heavy (non-hydrogen) atoms. The summed E-state index contributed by atoms with van der Waals surface area (Å²) in [6.07, 6.45) is 0. The van der Waals surface area contributed by atoms with Gasteiger partial charge in [0, 0.05) is 12.6 Å². The first-order chi connectivity index (χ1) is 11.7. The molecule has 0 aliphatic heterocycles. The lowest BCUT2D eigenvalue weighted by Crippen LogP contribution is -2.85. The van der Waals surface area contributed by atoms with Crippen LogP contribution in [0.1, 0.15) is 11.7 Å². The summed E-state index contributed by atoms with van der Waals surface area (Å²) in [7, 11) is 1.60. The van der Waals surface area contributed by atoms with Crippen LogP contribution in [-0.4, -0.2) is 34.9 Å². The number of aryl methyl sites for hydroxylation is 1. The summed E-state index contributed by atoms with van der Waals surface area (Å²) in [4.78, 5) is 11.2. The lowest BCUT2D eigenvalue weighted by molar-refractivity contribution is -0.662. The van der Waals surface area contributed by atoms with Gasteiger partial charge >= 0.3 is 0 Å². The molecule has 3 N–H and O–H groups in total. The quantitative estimate of drug-likeness (QED) is 0.682. The first-order valence-electron chi connectivity index (χ1n) is 7.55. The topological polar surface area (TPSA) is 111 Å².